The number of nitrogens with one attached hydrogen (secondary N) is 2. The fraction of sp³-hybridized carbons (Fsp3) is 0.500. The Hall–Kier alpha value is -1.42. The Morgan fingerprint density at radius 2 is 1.65 bits per heavy atom. The molecule has 0 fully saturated rings. The maximum Gasteiger partial charge on any atom is 0.0789 e. The first-order valence-corrected chi connectivity index (χ1v) is 8.42. The summed E-state index contributed by atoms with van der Waals surface area (Å²) in [5.41, 5.74) is 2.32. The van der Waals surface area contributed by atoms with Crippen LogP contribution in [0.4, 0.5) is 0 Å². The highest BCUT2D eigenvalue weighted by atomic mass is 16.3. The van der Waals surface area contributed by atoms with Crippen LogP contribution in [0.25, 0.3) is 0 Å². The van der Waals surface area contributed by atoms with E-state index in [2.05, 4.69) is 49.8 Å². The molecule has 3 N–H and O–H groups in total. The summed E-state index contributed by atoms with van der Waals surface area (Å²) in [5, 5.41) is 16.8. The zero-order valence-electron chi connectivity index (χ0n) is 15.2. The molecule has 0 amide bonds. The molecule has 0 aliphatic rings. The van der Waals surface area contributed by atoms with Gasteiger partial charge in [-0.2, -0.15) is 0 Å². The predicted octanol–water partition coefficient (Wildman–Crippen LogP) is 3.51. The average molecular weight is 319 g/mol. The molecular weight excluding hydrogens is 284 g/mol. The van der Waals surface area contributed by atoms with Crippen molar-refractivity contribution in [1.29, 1.82) is 0 Å². The number of hydrogen-bond donors (Lipinski definition) is 3. The molecule has 0 saturated heterocycles. The first-order chi connectivity index (χ1) is 11.0. The quantitative estimate of drug-likeness (QED) is 0.482. The van der Waals surface area contributed by atoms with E-state index in [1.54, 1.807) is 6.08 Å². The van der Waals surface area contributed by atoms with Gasteiger partial charge in [-0.15, -0.1) is 0 Å². The summed E-state index contributed by atoms with van der Waals surface area (Å²) in [7, 11) is 0. The molecule has 0 rings (SSSR count). The standard InChI is InChI=1S/C20H34N2O/c1-7-11-18(10-4)16(5)21-14-20(23)15-22-17(6)19(12-8-2)13-9-3/h7-8,10-13,16-17,20-23H,1,4,9,14-15H2,2-3,5-6H3/b12-8-,18-11+,19-13+. The fourth-order valence-electron chi connectivity index (χ4n) is 2.28. The molecule has 23 heavy (non-hydrogen) atoms. The van der Waals surface area contributed by atoms with Gasteiger partial charge in [0.2, 0.25) is 0 Å². The summed E-state index contributed by atoms with van der Waals surface area (Å²) >= 11 is 0. The van der Waals surface area contributed by atoms with Gasteiger partial charge in [0.05, 0.1) is 6.10 Å². The van der Waals surface area contributed by atoms with E-state index in [0.717, 1.165) is 12.0 Å². The average Bonchev–Trinajstić information content (AvgIpc) is 2.55. The number of rotatable bonds is 12. The van der Waals surface area contributed by atoms with Crippen LogP contribution in [0.3, 0.4) is 0 Å². The van der Waals surface area contributed by atoms with Gasteiger partial charge in [-0.3, -0.25) is 0 Å². The van der Waals surface area contributed by atoms with Gasteiger partial charge in [-0.25, -0.2) is 0 Å². The summed E-state index contributed by atoms with van der Waals surface area (Å²) in [6, 6.07) is 0.360. The van der Waals surface area contributed by atoms with E-state index in [1.165, 1.54) is 5.57 Å². The Balaban J connectivity index is 4.32. The highest BCUT2D eigenvalue weighted by Gasteiger charge is 2.11. The van der Waals surface area contributed by atoms with Crippen LogP contribution >= 0.6 is 0 Å². The second-order valence-corrected chi connectivity index (χ2v) is 5.63. The van der Waals surface area contributed by atoms with Crippen molar-refractivity contribution in [3.63, 3.8) is 0 Å². The van der Waals surface area contributed by atoms with E-state index in [9.17, 15) is 5.11 Å². The molecule has 0 aromatic carbocycles. The zero-order chi connectivity index (χ0) is 17.7. The summed E-state index contributed by atoms with van der Waals surface area (Å²) < 4.78 is 0. The minimum absolute atomic E-state index is 0.135. The lowest BCUT2D eigenvalue weighted by atomic mass is 10.1. The summed E-state index contributed by atoms with van der Waals surface area (Å²) in [5.74, 6) is 0. The second-order valence-electron chi connectivity index (χ2n) is 5.63. The molecule has 3 heteroatoms. The molecule has 3 atom stereocenters. The molecule has 0 aromatic heterocycles. The van der Waals surface area contributed by atoms with E-state index in [4.69, 9.17) is 0 Å². The molecule has 0 aromatic rings. The van der Waals surface area contributed by atoms with E-state index < -0.39 is 6.10 Å². The molecule has 3 nitrogen and oxygen atoms in total. The van der Waals surface area contributed by atoms with Crippen LogP contribution < -0.4 is 10.6 Å². The minimum atomic E-state index is -0.442. The molecule has 3 unspecified atom stereocenters. The Morgan fingerprint density at radius 3 is 2.09 bits per heavy atom. The van der Waals surface area contributed by atoms with E-state index in [-0.39, 0.29) is 12.1 Å². The van der Waals surface area contributed by atoms with Gasteiger partial charge in [0.15, 0.2) is 0 Å². The fourth-order valence-corrected chi connectivity index (χ4v) is 2.28. The van der Waals surface area contributed by atoms with Gasteiger partial charge in [-0.1, -0.05) is 56.5 Å². The largest absolute Gasteiger partial charge is 0.390 e. The number of hydrogen-bond acceptors (Lipinski definition) is 3. The zero-order valence-corrected chi connectivity index (χ0v) is 15.2. The van der Waals surface area contributed by atoms with Crippen molar-refractivity contribution < 1.29 is 5.11 Å². The maximum absolute atomic E-state index is 10.1. The third-order valence-electron chi connectivity index (χ3n) is 3.66. The first kappa shape index (κ1) is 21.6. The van der Waals surface area contributed by atoms with E-state index in [1.807, 2.05) is 32.1 Å². The van der Waals surface area contributed by atoms with Crippen molar-refractivity contribution in [2.24, 2.45) is 0 Å². The maximum atomic E-state index is 10.1. The highest BCUT2D eigenvalue weighted by Crippen LogP contribution is 2.06. The van der Waals surface area contributed by atoms with Gasteiger partial charge in [0.1, 0.15) is 0 Å². The molecule has 0 spiro atoms. The van der Waals surface area contributed by atoms with Crippen LogP contribution in [0.1, 0.15) is 34.1 Å². The van der Waals surface area contributed by atoms with Crippen LogP contribution in [-0.2, 0) is 0 Å². The van der Waals surface area contributed by atoms with Gasteiger partial charge in [0, 0.05) is 25.2 Å². The summed E-state index contributed by atoms with van der Waals surface area (Å²) in [6.07, 6.45) is 12.4. The normalized spacial score (nSPS) is 17.1. The lowest BCUT2D eigenvalue weighted by molar-refractivity contribution is 0.164. The molecule has 0 aliphatic carbocycles. The predicted molar refractivity (Wildman–Crippen MR) is 103 cm³/mol. The Labute approximate surface area is 142 Å². The van der Waals surface area contributed by atoms with Crippen molar-refractivity contribution in [3.8, 4) is 0 Å². The monoisotopic (exact) mass is 318 g/mol. The van der Waals surface area contributed by atoms with Crippen molar-refractivity contribution in [2.75, 3.05) is 13.1 Å². The molecule has 0 radical (unpaired) electrons. The highest BCUT2D eigenvalue weighted by molar-refractivity contribution is 5.26. The Bertz CT molecular complexity index is 435. The number of aliphatic hydroxyl groups excluding tert-OH is 1. The van der Waals surface area contributed by atoms with Gasteiger partial charge < -0.3 is 15.7 Å². The molecule has 0 heterocycles. The van der Waals surface area contributed by atoms with Crippen LogP contribution in [0.2, 0.25) is 0 Å². The van der Waals surface area contributed by atoms with Crippen molar-refractivity contribution >= 4 is 0 Å². The van der Waals surface area contributed by atoms with Gasteiger partial charge >= 0.3 is 0 Å². The van der Waals surface area contributed by atoms with Gasteiger partial charge in [0.25, 0.3) is 0 Å². The minimum Gasteiger partial charge on any atom is -0.390 e. The van der Waals surface area contributed by atoms with Crippen LogP contribution in [0.15, 0.2) is 60.8 Å². The molecule has 0 saturated carbocycles. The molecule has 0 aliphatic heterocycles. The lowest BCUT2D eigenvalue weighted by Crippen LogP contribution is -2.42. The van der Waals surface area contributed by atoms with Crippen LogP contribution in [0, 0.1) is 0 Å². The van der Waals surface area contributed by atoms with E-state index >= 15 is 0 Å². The Kier molecular flexibility index (Phi) is 12.3. The number of aliphatic hydroxyl groups is 1. The molecule has 130 valence electrons. The van der Waals surface area contributed by atoms with Crippen molar-refractivity contribution in [2.45, 2.75) is 52.3 Å². The van der Waals surface area contributed by atoms with Crippen LogP contribution in [-0.4, -0.2) is 36.4 Å². The first-order valence-electron chi connectivity index (χ1n) is 8.42. The second kappa shape index (κ2) is 13.1. The van der Waals surface area contributed by atoms with Crippen molar-refractivity contribution in [1.82, 2.24) is 10.6 Å². The molecule has 0 bridgehead atoms. The third kappa shape index (κ3) is 9.34. The summed E-state index contributed by atoms with van der Waals surface area (Å²) in [4.78, 5) is 0. The van der Waals surface area contributed by atoms with Crippen molar-refractivity contribution in [3.05, 3.63) is 60.8 Å². The SMILES string of the molecule is C=C/C=C(\C=C)C(C)NCC(O)CNC(C)C(/C=C\C)=C/CC. The number of allylic oxidation sites excluding steroid dienone is 4. The lowest BCUT2D eigenvalue weighted by Gasteiger charge is -2.21. The van der Waals surface area contributed by atoms with Gasteiger partial charge in [-0.05, 0) is 38.3 Å². The molecular formula is C20H34N2O. The topological polar surface area (TPSA) is 44.3 Å². The summed E-state index contributed by atoms with van der Waals surface area (Å²) in [6.45, 7) is 16.9. The Morgan fingerprint density at radius 1 is 1.09 bits per heavy atom. The smallest absolute Gasteiger partial charge is 0.0789 e. The van der Waals surface area contributed by atoms with E-state index in [0.29, 0.717) is 13.1 Å². The third-order valence-corrected chi connectivity index (χ3v) is 3.66. The van der Waals surface area contributed by atoms with Crippen LogP contribution in [0.5, 0.6) is 0 Å².